The third kappa shape index (κ3) is 5.25. The first-order chi connectivity index (χ1) is 17.5. The zero-order valence-electron chi connectivity index (χ0n) is 20.5. The van der Waals surface area contributed by atoms with E-state index in [1.807, 2.05) is 6.92 Å². The summed E-state index contributed by atoms with van der Waals surface area (Å²) >= 11 is 0. The molecule has 202 valence electrons. The van der Waals surface area contributed by atoms with Gasteiger partial charge in [-0.2, -0.15) is 18.2 Å². The molecule has 3 saturated carbocycles. The first kappa shape index (κ1) is 25.7. The van der Waals surface area contributed by atoms with Crippen molar-refractivity contribution in [2.75, 3.05) is 30.4 Å². The molecule has 1 N–H and O–H groups in total. The molecule has 1 saturated heterocycles. The number of oxazole rings is 1. The number of rotatable bonds is 8. The second-order valence-corrected chi connectivity index (χ2v) is 10.3. The Morgan fingerprint density at radius 2 is 1.78 bits per heavy atom. The van der Waals surface area contributed by atoms with Gasteiger partial charge in [0.05, 0.1) is 19.2 Å². The van der Waals surface area contributed by atoms with Gasteiger partial charge in [-0.1, -0.05) is 6.92 Å². The number of aromatic nitrogens is 1. The third-order valence-corrected chi connectivity index (χ3v) is 7.63. The molecule has 37 heavy (non-hydrogen) atoms. The molecule has 1 aliphatic heterocycles. The molecule has 2 heterocycles. The van der Waals surface area contributed by atoms with Crippen LogP contribution in [0.4, 0.5) is 33.7 Å². The highest BCUT2D eigenvalue weighted by Gasteiger charge is 2.45. The second-order valence-electron chi connectivity index (χ2n) is 10.3. The fourth-order valence-corrected chi connectivity index (χ4v) is 5.53. The van der Waals surface area contributed by atoms with Gasteiger partial charge in [0.1, 0.15) is 17.8 Å². The van der Waals surface area contributed by atoms with Crippen LogP contribution in [0.15, 0.2) is 16.5 Å². The molecule has 1 amide bonds. The Bertz CT molecular complexity index is 1130. The lowest BCUT2D eigenvalue weighted by molar-refractivity contribution is -0.130. The van der Waals surface area contributed by atoms with Gasteiger partial charge in [0.2, 0.25) is 0 Å². The van der Waals surface area contributed by atoms with Crippen LogP contribution < -0.4 is 15.0 Å². The Morgan fingerprint density at radius 1 is 1.16 bits per heavy atom. The van der Waals surface area contributed by atoms with Crippen molar-refractivity contribution in [1.29, 1.82) is 0 Å². The summed E-state index contributed by atoms with van der Waals surface area (Å²) in [5.41, 5.74) is -1.37. The second kappa shape index (κ2) is 9.45. The zero-order chi connectivity index (χ0) is 26.5. The van der Waals surface area contributed by atoms with Crippen molar-refractivity contribution in [2.24, 2.45) is 11.8 Å². The average Bonchev–Trinajstić information content (AvgIpc) is 3.18. The van der Waals surface area contributed by atoms with E-state index in [-0.39, 0.29) is 17.8 Å². The molecule has 0 unspecified atom stereocenters. The maximum atomic E-state index is 14.7. The number of halogens is 5. The number of fused-ring (bicyclic) bond motifs is 2. The quantitative estimate of drug-likeness (QED) is 0.456. The Hall–Kier alpha value is -2.89. The molecule has 4 aliphatic rings. The van der Waals surface area contributed by atoms with E-state index in [1.165, 1.54) is 7.11 Å². The van der Waals surface area contributed by atoms with E-state index >= 15 is 0 Å². The number of carbonyl (C=O) groups excluding carboxylic acids is 1. The van der Waals surface area contributed by atoms with E-state index in [4.69, 9.17) is 13.9 Å². The molecular formula is C25H28F5N3O4. The molecule has 6 rings (SSSR count). The van der Waals surface area contributed by atoms with Crippen molar-refractivity contribution >= 4 is 17.6 Å². The monoisotopic (exact) mass is 529 g/mol. The number of amides is 1. The Balaban J connectivity index is 1.32. The van der Waals surface area contributed by atoms with Crippen LogP contribution in [0.5, 0.6) is 5.75 Å². The molecule has 2 aromatic rings. The largest absolute Gasteiger partial charge is 0.484 e. The van der Waals surface area contributed by atoms with E-state index in [2.05, 4.69) is 10.3 Å². The molecule has 2 bridgehead atoms. The average molecular weight is 530 g/mol. The Kier molecular flexibility index (Phi) is 6.57. The number of ether oxygens (including phenoxy) is 2. The maximum Gasteiger partial charge on any atom is 0.396 e. The standard InChI is InChI=1S/C25H28F5N3O4/c1-3-24(35-2)11-33(12-24)23-32-20(19(37-23)10-25(28,29)30)22(34)31-15-8-17(26)21(18(27)9-15)36-16-6-13-4-14(5-13)7-16/h8-9,13-14,16H,3-7,10-12H2,1-2H3,(H,31,34). The van der Waals surface area contributed by atoms with E-state index in [9.17, 15) is 26.7 Å². The minimum Gasteiger partial charge on any atom is -0.484 e. The number of hydrogen-bond donors (Lipinski definition) is 1. The van der Waals surface area contributed by atoms with E-state index < -0.39 is 52.9 Å². The molecule has 0 atom stereocenters. The van der Waals surface area contributed by atoms with Crippen molar-refractivity contribution in [1.82, 2.24) is 4.98 Å². The van der Waals surface area contributed by atoms with Gasteiger partial charge in [0.25, 0.3) is 11.9 Å². The SMILES string of the molecule is CCC1(OC)CN(c2nc(C(=O)Nc3cc(F)c(OC4CC5CC(C5)C4)c(F)c3)c(CC(F)(F)F)o2)C1. The minimum absolute atomic E-state index is 0.155. The van der Waals surface area contributed by atoms with Crippen LogP contribution in [0.25, 0.3) is 0 Å². The summed E-state index contributed by atoms with van der Waals surface area (Å²) in [5.74, 6) is -3.28. The molecule has 0 spiro atoms. The molecule has 12 heteroatoms. The maximum absolute atomic E-state index is 14.7. The lowest BCUT2D eigenvalue weighted by Crippen LogP contribution is -2.62. The first-order valence-corrected chi connectivity index (χ1v) is 12.3. The van der Waals surface area contributed by atoms with Gasteiger partial charge in [-0.15, -0.1) is 0 Å². The smallest absolute Gasteiger partial charge is 0.396 e. The molecule has 3 aliphatic carbocycles. The predicted octanol–water partition coefficient (Wildman–Crippen LogP) is 5.49. The summed E-state index contributed by atoms with van der Waals surface area (Å²) < 4.78 is 85.2. The van der Waals surface area contributed by atoms with Crippen LogP contribution in [-0.4, -0.2) is 49.0 Å². The van der Waals surface area contributed by atoms with E-state index in [0.717, 1.165) is 37.8 Å². The Morgan fingerprint density at radius 3 is 2.32 bits per heavy atom. The summed E-state index contributed by atoms with van der Waals surface area (Å²) in [4.78, 5) is 18.4. The van der Waals surface area contributed by atoms with Gasteiger partial charge >= 0.3 is 6.18 Å². The zero-order valence-corrected chi connectivity index (χ0v) is 20.5. The van der Waals surface area contributed by atoms with Crippen molar-refractivity contribution in [3.63, 3.8) is 0 Å². The van der Waals surface area contributed by atoms with E-state index in [0.29, 0.717) is 31.3 Å². The fourth-order valence-electron chi connectivity index (χ4n) is 5.53. The fraction of sp³-hybridized carbons (Fsp3) is 0.600. The highest BCUT2D eigenvalue weighted by atomic mass is 19.4. The molecule has 1 aromatic carbocycles. The molecular weight excluding hydrogens is 501 g/mol. The van der Waals surface area contributed by atoms with Gasteiger partial charge in [0.15, 0.2) is 23.1 Å². The number of nitrogens with zero attached hydrogens (tertiary/aromatic N) is 2. The normalized spacial score (nSPS) is 24.3. The summed E-state index contributed by atoms with van der Waals surface area (Å²) in [6.07, 6.45) is -2.07. The van der Waals surface area contributed by atoms with Gasteiger partial charge in [-0.05, 0) is 43.9 Å². The lowest BCUT2D eigenvalue weighted by atomic mass is 9.64. The lowest BCUT2D eigenvalue weighted by Gasteiger charge is -2.47. The van der Waals surface area contributed by atoms with Crippen LogP contribution in [0.3, 0.4) is 0 Å². The number of methoxy groups -OCH3 is 1. The number of alkyl halides is 3. The first-order valence-electron chi connectivity index (χ1n) is 12.3. The number of nitrogens with one attached hydrogen (secondary N) is 1. The molecule has 0 radical (unpaired) electrons. The van der Waals surface area contributed by atoms with Crippen LogP contribution in [0.1, 0.15) is 55.3 Å². The molecule has 1 aromatic heterocycles. The van der Waals surface area contributed by atoms with Crippen molar-refractivity contribution in [3.8, 4) is 5.75 Å². The van der Waals surface area contributed by atoms with Crippen LogP contribution in [0, 0.1) is 23.5 Å². The summed E-state index contributed by atoms with van der Waals surface area (Å²) in [6.45, 7) is 2.57. The van der Waals surface area contributed by atoms with Crippen molar-refractivity contribution in [2.45, 2.75) is 63.3 Å². The van der Waals surface area contributed by atoms with Gasteiger partial charge in [-0.25, -0.2) is 8.78 Å². The van der Waals surface area contributed by atoms with Crippen LogP contribution in [0.2, 0.25) is 0 Å². The van der Waals surface area contributed by atoms with Crippen molar-refractivity contribution in [3.05, 3.63) is 35.2 Å². The van der Waals surface area contributed by atoms with Gasteiger partial charge in [-0.3, -0.25) is 4.79 Å². The summed E-state index contributed by atoms with van der Waals surface area (Å²) in [7, 11) is 1.54. The van der Waals surface area contributed by atoms with Gasteiger partial charge in [0, 0.05) is 24.9 Å². The Labute approximate surface area is 210 Å². The number of anilines is 2. The number of benzene rings is 1. The highest BCUT2D eigenvalue weighted by molar-refractivity contribution is 6.03. The van der Waals surface area contributed by atoms with E-state index in [1.54, 1.807) is 4.90 Å². The molecule has 4 fully saturated rings. The highest BCUT2D eigenvalue weighted by Crippen LogP contribution is 2.47. The summed E-state index contributed by atoms with van der Waals surface area (Å²) in [6, 6.07) is 1.58. The number of hydrogen-bond acceptors (Lipinski definition) is 6. The van der Waals surface area contributed by atoms with Crippen LogP contribution >= 0.6 is 0 Å². The topological polar surface area (TPSA) is 76.8 Å². The molecule has 7 nitrogen and oxygen atoms in total. The minimum atomic E-state index is -4.67. The number of carbonyl (C=O) groups is 1. The summed E-state index contributed by atoms with van der Waals surface area (Å²) in [5, 5.41) is 2.23. The van der Waals surface area contributed by atoms with Gasteiger partial charge < -0.3 is 24.1 Å². The van der Waals surface area contributed by atoms with Crippen molar-refractivity contribution < 1.29 is 40.6 Å². The van der Waals surface area contributed by atoms with Crippen LogP contribution in [-0.2, 0) is 11.2 Å². The third-order valence-electron chi connectivity index (χ3n) is 7.63. The predicted molar refractivity (Wildman–Crippen MR) is 123 cm³/mol.